The van der Waals surface area contributed by atoms with Crippen LogP contribution in [0.25, 0.3) is 0 Å². The van der Waals surface area contributed by atoms with Crippen molar-refractivity contribution in [1.82, 2.24) is 9.62 Å². The Morgan fingerprint density at radius 1 is 1.25 bits per heavy atom. The Morgan fingerprint density at radius 3 is 2.43 bits per heavy atom. The van der Waals surface area contributed by atoms with Gasteiger partial charge >= 0.3 is 18.1 Å². The number of imide groups is 1. The lowest BCUT2D eigenvalue weighted by Gasteiger charge is -2.34. The summed E-state index contributed by atoms with van der Waals surface area (Å²) >= 11 is 1.12. The predicted octanol–water partition coefficient (Wildman–Crippen LogP) is 4.62. The van der Waals surface area contributed by atoms with E-state index >= 15 is 0 Å². The average molecular weight is 408 g/mol. The largest absolute Gasteiger partial charge is 0.445 e. The first kappa shape index (κ1) is 23.7. The van der Waals surface area contributed by atoms with Crippen molar-refractivity contribution in [2.45, 2.75) is 38.5 Å². The van der Waals surface area contributed by atoms with Gasteiger partial charge in [-0.1, -0.05) is 48.7 Å². The topological polar surface area (TPSA) is 82.5 Å². The van der Waals surface area contributed by atoms with Crippen LogP contribution in [0.4, 0.5) is 9.59 Å². The second-order valence-electron chi connectivity index (χ2n) is 6.07. The normalized spacial score (nSPS) is 12.5. The Hall–Kier alpha value is -2.32. The van der Waals surface area contributed by atoms with E-state index in [-0.39, 0.29) is 13.2 Å². The molecule has 28 heavy (non-hydrogen) atoms. The van der Waals surface area contributed by atoms with Crippen LogP contribution in [0.15, 0.2) is 47.9 Å². The van der Waals surface area contributed by atoms with Gasteiger partial charge in [0.1, 0.15) is 13.2 Å². The van der Waals surface area contributed by atoms with E-state index in [9.17, 15) is 9.59 Å². The van der Waals surface area contributed by atoms with Crippen LogP contribution in [0.1, 0.15) is 33.6 Å². The molecule has 1 aromatic carbocycles. The van der Waals surface area contributed by atoms with Gasteiger partial charge in [-0.3, -0.25) is 4.90 Å². The molecule has 7 nitrogen and oxygen atoms in total. The molecular formula is C20H31N4O3S+. The molecule has 0 spiro atoms. The molecule has 154 valence electrons. The fourth-order valence-electron chi connectivity index (χ4n) is 2.61. The van der Waals surface area contributed by atoms with Crippen molar-refractivity contribution in [3.63, 3.8) is 0 Å². The van der Waals surface area contributed by atoms with Crippen LogP contribution in [-0.4, -0.2) is 53.7 Å². The summed E-state index contributed by atoms with van der Waals surface area (Å²) in [6.45, 7) is 10.3. The molecule has 0 aromatic heterocycles. The standard InChI is InChI=1S/C20H30N4O3S/c1-5-9-15-24(18(21)27-16-6-2,20(26)23(7-3)8-4)19(25)22-28-17-13-11-10-12-14-17/h6,10-14,21H,2,5,7-9,15-16H2,1,3-4H3/p+1. The lowest BCUT2D eigenvalue weighted by atomic mass is 10.3. The van der Waals surface area contributed by atoms with Crippen molar-refractivity contribution in [1.29, 1.82) is 5.41 Å². The van der Waals surface area contributed by atoms with Gasteiger partial charge in [-0.05, 0) is 44.3 Å². The molecule has 1 rings (SSSR count). The van der Waals surface area contributed by atoms with Crippen LogP contribution in [-0.2, 0) is 4.74 Å². The highest BCUT2D eigenvalue weighted by atomic mass is 32.2. The van der Waals surface area contributed by atoms with Gasteiger partial charge in [-0.15, -0.1) is 0 Å². The summed E-state index contributed by atoms with van der Waals surface area (Å²) in [5.41, 5.74) is 0. The van der Waals surface area contributed by atoms with E-state index in [1.807, 2.05) is 51.1 Å². The van der Waals surface area contributed by atoms with Gasteiger partial charge in [0.2, 0.25) is 0 Å². The Balaban J connectivity index is 3.26. The molecule has 0 bridgehead atoms. The average Bonchev–Trinajstić information content (AvgIpc) is 2.72. The van der Waals surface area contributed by atoms with Crippen molar-refractivity contribution < 1.29 is 18.8 Å². The second-order valence-corrected chi connectivity index (χ2v) is 6.95. The minimum atomic E-state index is -0.830. The molecule has 2 N–H and O–H groups in total. The number of benzene rings is 1. The molecule has 0 aliphatic rings. The third-order valence-electron chi connectivity index (χ3n) is 4.24. The summed E-state index contributed by atoms with van der Waals surface area (Å²) in [4.78, 5) is 29.0. The highest BCUT2D eigenvalue weighted by Crippen LogP contribution is 2.21. The summed E-state index contributed by atoms with van der Waals surface area (Å²) in [5.74, 6) is 0. The van der Waals surface area contributed by atoms with E-state index in [0.29, 0.717) is 19.5 Å². The van der Waals surface area contributed by atoms with Crippen LogP contribution in [0, 0.1) is 5.41 Å². The molecule has 0 saturated heterocycles. The van der Waals surface area contributed by atoms with E-state index in [1.165, 1.54) is 6.08 Å². The number of ether oxygens (including phenoxy) is 1. The van der Waals surface area contributed by atoms with Crippen molar-refractivity contribution in [3.8, 4) is 0 Å². The van der Waals surface area contributed by atoms with Crippen molar-refractivity contribution >= 4 is 30.0 Å². The Morgan fingerprint density at radius 2 is 1.89 bits per heavy atom. The number of nitrogens with one attached hydrogen (secondary N) is 2. The summed E-state index contributed by atoms with van der Waals surface area (Å²) in [5, 5.41) is 8.45. The van der Waals surface area contributed by atoms with Gasteiger partial charge in [0.05, 0.1) is 0 Å². The molecule has 8 heteroatoms. The predicted molar refractivity (Wildman–Crippen MR) is 113 cm³/mol. The Labute approximate surface area is 172 Å². The summed E-state index contributed by atoms with van der Waals surface area (Å²) < 4.78 is 7.32. The van der Waals surface area contributed by atoms with Crippen LogP contribution in [0.3, 0.4) is 0 Å². The fraction of sp³-hybridized carbons (Fsp3) is 0.450. The number of amides is 4. The van der Waals surface area contributed by atoms with Crippen LogP contribution in [0.5, 0.6) is 0 Å². The minimum absolute atomic E-state index is 0.0512. The SMILES string of the molecule is C=CCOC(=N)[N+](CCCC)(C(=O)NSc1ccccc1)C(=O)N(CC)CC. The van der Waals surface area contributed by atoms with Gasteiger partial charge in [0, 0.05) is 18.0 Å². The maximum absolute atomic E-state index is 13.4. The van der Waals surface area contributed by atoms with Gasteiger partial charge in [-0.2, -0.15) is 0 Å². The summed E-state index contributed by atoms with van der Waals surface area (Å²) in [6, 6.07) is 7.89. The molecule has 1 atom stereocenters. The number of hydrogen-bond donors (Lipinski definition) is 2. The summed E-state index contributed by atoms with van der Waals surface area (Å²) in [7, 11) is 0. The number of urea groups is 2. The zero-order valence-electron chi connectivity index (χ0n) is 16.9. The first-order chi connectivity index (χ1) is 13.5. The molecule has 4 amide bonds. The van der Waals surface area contributed by atoms with Crippen LogP contribution >= 0.6 is 11.9 Å². The van der Waals surface area contributed by atoms with Crippen LogP contribution < -0.4 is 4.72 Å². The maximum atomic E-state index is 13.4. The molecule has 0 fully saturated rings. The number of nitrogens with zero attached hydrogens (tertiary/aromatic N) is 2. The second kappa shape index (κ2) is 12.2. The zero-order chi connectivity index (χ0) is 21.0. The first-order valence-corrected chi connectivity index (χ1v) is 10.3. The molecule has 0 radical (unpaired) electrons. The van der Waals surface area contributed by atoms with E-state index < -0.39 is 22.6 Å². The highest BCUT2D eigenvalue weighted by Gasteiger charge is 2.53. The number of rotatable bonds is 9. The molecule has 0 aliphatic carbocycles. The van der Waals surface area contributed by atoms with E-state index in [2.05, 4.69) is 11.3 Å². The molecular weight excluding hydrogens is 376 g/mol. The third-order valence-corrected chi connectivity index (χ3v) is 5.02. The Kier molecular flexibility index (Phi) is 10.3. The maximum Gasteiger partial charge on any atom is 0.445 e. The number of quaternary nitrogens is 1. The molecule has 0 heterocycles. The van der Waals surface area contributed by atoms with Gasteiger partial charge < -0.3 is 4.74 Å². The van der Waals surface area contributed by atoms with Crippen molar-refractivity contribution in [2.24, 2.45) is 0 Å². The zero-order valence-corrected chi connectivity index (χ0v) is 17.8. The fourth-order valence-corrected chi connectivity index (χ4v) is 3.27. The van der Waals surface area contributed by atoms with Crippen LogP contribution in [0.2, 0.25) is 0 Å². The number of amidine groups is 1. The van der Waals surface area contributed by atoms with Gasteiger partial charge in [0.15, 0.2) is 0 Å². The molecule has 0 aliphatic heterocycles. The minimum Gasteiger partial charge on any atom is -0.432 e. The van der Waals surface area contributed by atoms with Crippen molar-refractivity contribution in [2.75, 3.05) is 26.2 Å². The lowest BCUT2D eigenvalue weighted by Crippen LogP contribution is -2.67. The van der Waals surface area contributed by atoms with Gasteiger partial charge in [0.25, 0.3) is 0 Å². The number of unbranched alkanes of at least 4 members (excludes halogenated alkanes) is 1. The first-order valence-electron chi connectivity index (χ1n) is 9.50. The molecule has 0 saturated carbocycles. The smallest absolute Gasteiger partial charge is 0.432 e. The third kappa shape index (κ3) is 5.84. The van der Waals surface area contributed by atoms with E-state index in [1.54, 1.807) is 4.90 Å². The quantitative estimate of drug-likeness (QED) is 0.206. The number of carbonyl (C=O) groups excluding carboxylic acids is 2. The van der Waals surface area contributed by atoms with Crippen molar-refractivity contribution in [3.05, 3.63) is 43.0 Å². The number of carbonyl (C=O) groups is 2. The lowest BCUT2D eigenvalue weighted by molar-refractivity contribution is -0.688. The summed E-state index contributed by atoms with van der Waals surface area (Å²) in [6.07, 6.45) is 2.86. The number of hydrogen-bond acceptors (Lipinski definition) is 5. The van der Waals surface area contributed by atoms with E-state index in [4.69, 9.17) is 10.1 Å². The van der Waals surface area contributed by atoms with E-state index in [0.717, 1.165) is 23.3 Å². The molecule has 1 unspecified atom stereocenters. The Bertz CT molecular complexity index is 665. The van der Waals surface area contributed by atoms with Gasteiger partial charge in [-0.25, -0.2) is 19.7 Å². The monoisotopic (exact) mass is 407 g/mol. The highest BCUT2D eigenvalue weighted by molar-refractivity contribution is 7.98. The molecule has 1 aromatic rings.